The zero-order valence-corrected chi connectivity index (χ0v) is 17.1. The molecule has 0 saturated heterocycles. The van der Waals surface area contributed by atoms with Crippen LogP contribution in [0.1, 0.15) is 45.2 Å². The topological polar surface area (TPSA) is 85.9 Å². The zero-order valence-electron chi connectivity index (χ0n) is 15.6. The SMILES string of the molecule is CCC(CC)COC(=O)C1=C(C)NC(=O)N[C@H]1c1cc2c(cc1Br)OCO2. The number of hydrogen-bond acceptors (Lipinski definition) is 5. The molecule has 2 aliphatic heterocycles. The minimum atomic E-state index is -0.656. The third-order valence-electron chi connectivity index (χ3n) is 4.90. The number of fused-ring (bicyclic) bond motifs is 1. The highest BCUT2D eigenvalue weighted by Crippen LogP contribution is 2.41. The van der Waals surface area contributed by atoms with E-state index in [1.807, 2.05) is 0 Å². The summed E-state index contributed by atoms with van der Waals surface area (Å²) < 4.78 is 17.1. The van der Waals surface area contributed by atoms with Crippen molar-refractivity contribution in [2.45, 2.75) is 39.7 Å². The average molecular weight is 439 g/mol. The first-order valence-corrected chi connectivity index (χ1v) is 9.78. The minimum absolute atomic E-state index is 0.142. The summed E-state index contributed by atoms with van der Waals surface area (Å²) in [7, 11) is 0. The number of carbonyl (C=O) groups is 2. The summed E-state index contributed by atoms with van der Waals surface area (Å²) in [6, 6.07) is 2.51. The number of rotatable bonds is 6. The molecule has 0 saturated carbocycles. The third kappa shape index (κ3) is 4.05. The Morgan fingerprint density at radius 1 is 1.30 bits per heavy atom. The molecule has 1 atom stereocenters. The molecule has 0 aromatic heterocycles. The van der Waals surface area contributed by atoms with Crippen LogP contribution in [-0.4, -0.2) is 25.4 Å². The van der Waals surface area contributed by atoms with Crippen molar-refractivity contribution in [2.75, 3.05) is 13.4 Å². The molecule has 1 aromatic rings. The van der Waals surface area contributed by atoms with Crippen molar-refractivity contribution >= 4 is 27.9 Å². The molecule has 2 N–H and O–H groups in total. The van der Waals surface area contributed by atoms with E-state index in [9.17, 15) is 9.59 Å². The van der Waals surface area contributed by atoms with E-state index in [2.05, 4.69) is 40.4 Å². The minimum Gasteiger partial charge on any atom is -0.462 e. The molecule has 146 valence electrons. The van der Waals surface area contributed by atoms with Crippen molar-refractivity contribution < 1.29 is 23.8 Å². The molecule has 2 amide bonds. The summed E-state index contributed by atoms with van der Waals surface area (Å²) in [5, 5.41) is 5.46. The number of amides is 2. The number of ether oxygens (including phenoxy) is 3. The van der Waals surface area contributed by atoms with Crippen LogP contribution >= 0.6 is 15.9 Å². The zero-order chi connectivity index (χ0) is 19.6. The Balaban J connectivity index is 1.92. The van der Waals surface area contributed by atoms with Crippen molar-refractivity contribution in [1.29, 1.82) is 0 Å². The quantitative estimate of drug-likeness (QED) is 0.659. The van der Waals surface area contributed by atoms with E-state index in [0.717, 1.165) is 12.8 Å². The summed E-state index contributed by atoms with van der Waals surface area (Å²) in [5.41, 5.74) is 1.55. The van der Waals surface area contributed by atoms with Gasteiger partial charge < -0.3 is 24.8 Å². The van der Waals surface area contributed by atoms with Crippen molar-refractivity contribution in [3.8, 4) is 11.5 Å². The first-order valence-electron chi connectivity index (χ1n) is 8.99. The van der Waals surface area contributed by atoms with Crippen molar-refractivity contribution in [3.63, 3.8) is 0 Å². The van der Waals surface area contributed by atoms with E-state index < -0.39 is 12.0 Å². The number of allylic oxidation sites excluding steroid dienone is 1. The van der Waals surface area contributed by atoms with Gasteiger partial charge in [-0.2, -0.15) is 0 Å². The van der Waals surface area contributed by atoms with Gasteiger partial charge >= 0.3 is 12.0 Å². The molecule has 2 aliphatic rings. The van der Waals surface area contributed by atoms with Crippen LogP contribution < -0.4 is 20.1 Å². The van der Waals surface area contributed by atoms with Crippen LogP contribution in [0.3, 0.4) is 0 Å². The molecule has 0 bridgehead atoms. The Morgan fingerprint density at radius 2 is 1.96 bits per heavy atom. The highest BCUT2D eigenvalue weighted by molar-refractivity contribution is 9.10. The summed E-state index contributed by atoms with van der Waals surface area (Å²) in [4.78, 5) is 24.9. The van der Waals surface area contributed by atoms with Gasteiger partial charge in [-0.15, -0.1) is 0 Å². The first-order chi connectivity index (χ1) is 12.9. The van der Waals surface area contributed by atoms with Crippen LogP contribution in [-0.2, 0) is 9.53 Å². The van der Waals surface area contributed by atoms with Gasteiger partial charge in [-0.1, -0.05) is 42.6 Å². The summed E-state index contributed by atoms with van der Waals surface area (Å²) >= 11 is 3.50. The molecule has 0 unspecified atom stereocenters. The molecular formula is C19H23BrN2O5. The molecule has 3 rings (SSSR count). The molecule has 0 spiro atoms. The number of benzene rings is 1. The van der Waals surface area contributed by atoms with Crippen LogP contribution in [0.15, 0.2) is 27.9 Å². The molecular weight excluding hydrogens is 416 g/mol. The Bertz CT molecular complexity index is 789. The van der Waals surface area contributed by atoms with Crippen LogP contribution in [0.25, 0.3) is 0 Å². The smallest absolute Gasteiger partial charge is 0.338 e. The molecule has 1 aromatic carbocycles. The monoisotopic (exact) mass is 438 g/mol. The third-order valence-corrected chi connectivity index (χ3v) is 5.58. The fourth-order valence-corrected chi connectivity index (χ4v) is 3.70. The molecule has 27 heavy (non-hydrogen) atoms. The molecule has 8 heteroatoms. The Kier molecular flexibility index (Phi) is 5.94. The fourth-order valence-electron chi connectivity index (χ4n) is 3.15. The Hall–Kier alpha value is -2.22. The number of hydrogen-bond donors (Lipinski definition) is 2. The van der Waals surface area contributed by atoms with Gasteiger partial charge in [-0.25, -0.2) is 9.59 Å². The predicted octanol–water partition coefficient (Wildman–Crippen LogP) is 3.79. The van der Waals surface area contributed by atoms with Gasteiger partial charge in [0, 0.05) is 10.2 Å². The van der Waals surface area contributed by atoms with Gasteiger partial charge in [0.25, 0.3) is 0 Å². The highest BCUT2D eigenvalue weighted by atomic mass is 79.9. The number of carbonyl (C=O) groups excluding carboxylic acids is 2. The van der Waals surface area contributed by atoms with Crippen LogP contribution in [0.2, 0.25) is 0 Å². The predicted molar refractivity (Wildman–Crippen MR) is 102 cm³/mol. The molecule has 0 fully saturated rings. The second-order valence-corrected chi connectivity index (χ2v) is 7.43. The van der Waals surface area contributed by atoms with E-state index >= 15 is 0 Å². The molecule has 7 nitrogen and oxygen atoms in total. The maximum Gasteiger partial charge on any atom is 0.338 e. The molecule has 0 aliphatic carbocycles. The lowest BCUT2D eigenvalue weighted by Gasteiger charge is -2.29. The Morgan fingerprint density at radius 3 is 2.63 bits per heavy atom. The lowest BCUT2D eigenvalue weighted by Crippen LogP contribution is -2.45. The number of nitrogens with one attached hydrogen (secondary N) is 2. The molecule has 0 radical (unpaired) electrons. The molecule has 2 heterocycles. The number of esters is 1. The summed E-state index contributed by atoms with van der Waals surface area (Å²) in [6.07, 6.45) is 1.88. The highest BCUT2D eigenvalue weighted by Gasteiger charge is 2.34. The lowest BCUT2D eigenvalue weighted by atomic mass is 9.95. The van der Waals surface area contributed by atoms with E-state index in [4.69, 9.17) is 14.2 Å². The van der Waals surface area contributed by atoms with E-state index in [1.54, 1.807) is 19.1 Å². The second-order valence-electron chi connectivity index (χ2n) is 6.58. The van der Waals surface area contributed by atoms with Gasteiger partial charge in [-0.05, 0) is 30.5 Å². The summed E-state index contributed by atoms with van der Waals surface area (Å²) in [6.45, 7) is 6.33. The van der Waals surface area contributed by atoms with Crippen molar-refractivity contribution in [3.05, 3.63) is 33.4 Å². The largest absolute Gasteiger partial charge is 0.462 e. The average Bonchev–Trinajstić information content (AvgIpc) is 3.08. The number of urea groups is 1. The van der Waals surface area contributed by atoms with Gasteiger partial charge in [0.2, 0.25) is 6.79 Å². The van der Waals surface area contributed by atoms with Crippen molar-refractivity contribution in [1.82, 2.24) is 10.6 Å². The standard InChI is InChI=1S/C19H23BrN2O5/c1-4-11(5-2)8-25-18(23)16-10(3)21-19(24)22-17(16)12-6-14-15(7-13(12)20)27-9-26-14/h6-7,11,17H,4-5,8-9H2,1-3H3,(H2,21,22,24)/t17-/m0/s1. The second kappa shape index (κ2) is 8.21. The van der Waals surface area contributed by atoms with Crippen molar-refractivity contribution in [2.24, 2.45) is 5.92 Å². The van der Waals surface area contributed by atoms with Crippen LogP contribution in [0.4, 0.5) is 4.79 Å². The maximum atomic E-state index is 12.8. The maximum absolute atomic E-state index is 12.8. The van der Waals surface area contributed by atoms with Gasteiger partial charge in [0.05, 0.1) is 18.2 Å². The number of halogens is 1. The van der Waals surface area contributed by atoms with E-state index in [-0.39, 0.29) is 12.8 Å². The Labute approximate surface area is 166 Å². The van der Waals surface area contributed by atoms with Gasteiger partial charge in [0.15, 0.2) is 11.5 Å². The van der Waals surface area contributed by atoms with Crippen LogP contribution in [0, 0.1) is 5.92 Å². The first kappa shape index (κ1) is 19.5. The van der Waals surface area contributed by atoms with Gasteiger partial charge in [0.1, 0.15) is 0 Å². The lowest BCUT2D eigenvalue weighted by molar-refractivity contribution is -0.141. The fraction of sp³-hybridized carbons (Fsp3) is 0.474. The van der Waals surface area contributed by atoms with Gasteiger partial charge in [-0.3, -0.25) is 0 Å². The van der Waals surface area contributed by atoms with E-state index in [1.165, 1.54) is 0 Å². The van der Waals surface area contributed by atoms with E-state index in [0.29, 0.717) is 45.3 Å². The summed E-state index contributed by atoms with van der Waals surface area (Å²) in [5.74, 6) is 1.06. The normalized spacial score (nSPS) is 18.4. The van der Waals surface area contributed by atoms with Crippen LogP contribution in [0.5, 0.6) is 11.5 Å².